The first-order valence-electron chi connectivity index (χ1n) is 5.57. The van der Waals surface area contributed by atoms with Crippen LogP contribution in [0.1, 0.15) is 19.4 Å². The Balaban J connectivity index is 2.26. The zero-order valence-corrected chi connectivity index (χ0v) is 12.3. The lowest BCUT2D eigenvalue weighted by Gasteiger charge is -2.05. The van der Waals surface area contributed by atoms with Crippen LogP contribution < -0.4 is 5.73 Å². The van der Waals surface area contributed by atoms with Crippen LogP contribution in [0.3, 0.4) is 0 Å². The molecule has 17 heavy (non-hydrogen) atoms. The van der Waals surface area contributed by atoms with E-state index in [-0.39, 0.29) is 0 Å². The van der Waals surface area contributed by atoms with Crippen LogP contribution in [-0.2, 0) is 6.42 Å². The van der Waals surface area contributed by atoms with Gasteiger partial charge in [0.15, 0.2) is 5.13 Å². The summed E-state index contributed by atoms with van der Waals surface area (Å²) in [6.45, 7) is 4.46. The molecule has 0 saturated carbocycles. The quantitative estimate of drug-likeness (QED) is 0.915. The number of rotatable bonds is 3. The summed E-state index contributed by atoms with van der Waals surface area (Å²) in [5.74, 6) is 0.683. The van der Waals surface area contributed by atoms with E-state index < -0.39 is 0 Å². The largest absolute Gasteiger partial charge is 0.375 e. The highest BCUT2D eigenvalue weighted by Crippen LogP contribution is 2.34. The Morgan fingerprint density at radius 3 is 2.41 bits per heavy atom. The summed E-state index contributed by atoms with van der Waals surface area (Å²) in [6.07, 6.45) is 1.11. The van der Waals surface area contributed by atoms with Crippen molar-refractivity contribution in [2.24, 2.45) is 5.92 Å². The fourth-order valence-electron chi connectivity index (χ4n) is 1.77. The molecule has 0 fully saturated rings. The van der Waals surface area contributed by atoms with Gasteiger partial charge in [0, 0.05) is 5.56 Å². The Morgan fingerprint density at radius 2 is 1.94 bits per heavy atom. The van der Waals surface area contributed by atoms with Gasteiger partial charge in [-0.2, -0.15) is 0 Å². The molecule has 0 bridgehead atoms. The summed E-state index contributed by atoms with van der Waals surface area (Å²) in [6, 6.07) is 8.54. The molecule has 0 spiro atoms. The van der Waals surface area contributed by atoms with Crippen molar-refractivity contribution >= 4 is 32.4 Å². The van der Waals surface area contributed by atoms with E-state index in [0.29, 0.717) is 11.0 Å². The molecule has 2 nitrogen and oxygen atoms in total. The number of aromatic nitrogens is 1. The van der Waals surface area contributed by atoms with Crippen molar-refractivity contribution in [1.82, 2.24) is 4.98 Å². The van der Waals surface area contributed by atoms with Crippen LogP contribution in [0.15, 0.2) is 28.1 Å². The number of nitrogen functional groups attached to an aromatic ring is 1. The first kappa shape index (κ1) is 12.6. The van der Waals surface area contributed by atoms with Crippen LogP contribution in [-0.4, -0.2) is 4.98 Å². The van der Waals surface area contributed by atoms with Crippen LogP contribution in [0.25, 0.3) is 11.3 Å². The molecule has 0 aliphatic carbocycles. The van der Waals surface area contributed by atoms with Gasteiger partial charge in [0.2, 0.25) is 0 Å². The molecular weight excluding hydrogens is 296 g/mol. The van der Waals surface area contributed by atoms with Gasteiger partial charge in [-0.15, -0.1) is 0 Å². The predicted molar refractivity (Wildman–Crippen MR) is 78.2 cm³/mol. The first-order valence-corrected chi connectivity index (χ1v) is 7.18. The molecule has 90 valence electrons. The molecule has 0 aliphatic rings. The highest BCUT2D eigenvalue weighted by atomic mass is 79.9. The fraction of sp³-hybridized carbons (Fsp3) is 0.308. The minimum absolute atomic E-state index is 0.595. The SMILES string of the molecule is CC(C)Cc1ccc(-c2nc(N)sc2Br)cc1. The van der Waals surface area contributed by atoms with Crippen molar-refractivity contribution in [1.29, 1.82) is 0 Å². The maximum Gasteiger partial charge on any atom is 0.181 e. The fourth-order valence-corrected chi connectivity index (χ4v) is 3.16. The van der Waals surface area contributed by atoms with E-state index in [0.717, 1.165) is 21.5 Å². The monoisotopic (exact) mass is 310 g/mol. The molecule has 0 radical (unpaired) electrons. The average Bonchev–Trinajstić information content (AvgIpc) is 2.58. The van der Waals surface area contributed by atoms with Gasteiger partial charge in [0.1, 0.15) is 0 Å². The zero-order valence-electron chi connectivity index (χ0n) is 9.90. The van der Waals surface area contributed by atoms with Gasteiger partial charge in [-0.3, -0.25) is 0 Å². The average molecular weight is 311 g/mol. The van der Waals surface area contributed by atoms with E-state index in [1.165, 1.54) is 16.9 Å². The second-order valence-corrected chi connectivity index (χ2v) is 6.82. The third kappa shape index (κ3) is 3.07. The topological polar surface area (TPSA) is 38.9 Å². The van der Waals surface area contributed by atoms with Crippen LogP contribution >= 0.6 is 27.3 Å². The van der Waals surface area contributed by atoms with Crippen LogP contribution in [0.4, 0.5) is 5.13 Å². The molecule has 2 N–H and O–H groups in total. The summed E-state index contributed by atoms with van der Waals surface area (Å²) in [7, 11) is 0. The number of halogens is 1. The minimum Gasteiger partial charge on any atom is -0.375 e. The van der Waals surface area contributed by atoms with Crippen molar-refractivity contribution < 1.29 is 0 Å². The number of hydrogen-bond donors (Lipinski definition) is 1. The molecule has 0 amide bonds. The molecule has 2 aromatic rings. The summed E-state index contributed by atoms with van der Waals surface area (Å²) in [5, 5.41) is 0.595. The van der Waals surface area contributed by atoms with E-state index in [9.17, 15) is 0 Å². The van der Waals surface area contributed by atoms with E-state index in [1.807, 2.05) is 0 Å². The van der Waals surface area contributed by atoms with Crippen molar-refractivity contribution in [3.05, 3.63) is 33.6 Å². The van der Waals surface area contributed by atoms with Crippen molar-refractivity contribution in [2.45, 2.75) is 20.3 Å². The maximum absolute atomic E-state index is 5.69. The second kappa shape index (κ2) is 5.19. The first-order chi connectivity index (χ1) is 8.06. The second-order valence-electron chi connectivity index (χ2n) is 4.47. The molecule has 4 heteroatoms. The third-order valence-corrected chi connectivity index (χ3v) is 4.01. The number of hydrogen-bond acceptors (Lipinski definition) is 3. The Morgan fingerprint density at radius 1 is 1.29 bits per heavy atom. The lowest BCUT2D eigenvalue weighted by Crippen LogP contribution is -1.93. The molecule has 1 aromatic carbocycles. The molecule has 0 aliphatic heterocycles. The van der Waals surface area contributed by atoms with Crippen LogP contribution in [0.2, 0.25) is 0 Å². The van der Waals surface area contributed by atoms with E-state index in [2.05, 4.69) is 59.0 Å². The minimum atomic E-state index is 0.595. The van der Waals surface area contributed by atoms with Crippen molar-refractivity contribution in [3.8, 4) is 11.3 Å². The third-order valence-electron chi connectivity index (χ3n) is 2.47. The maximum atomic E-state index is 5.69. The number of nitrogens with zero attached hydrogens (tertiary/aromatic N) is 1. The zero-order chi connectivity index (χ0) is 12.4. The van der Waals surface area contributed by atoms with E-state index in [1.54, 1.807) is 0 Å². The number of anilines is 1. The van der Waals surface area contributed by atoms with E-state index >= 15 is 0 Å². The van der Waals surface area contributed by atoms with Crippen molar-refractivity contribution in [2.75, 3.05) is 5.73 Å². The molecule has 1 aromatic heterocycles. The molecular formula is C13H15BrN2S. The lowest BCUT2D eigenvalue weighted by molar-refractivity contribution is 0.647. The normalized spacial score (nSPS) is 11.1. The molecule has 0 saturated heterocycles. The van der Waals surface area contributed by atoms with Gasteiger partial charge < -0.3 is 5.73 Å². The Bertz CT molecular complexity index is 503. The summed E-state index contributed by atoms with van der Waals surface area (Å²) < 4.78 is 0.992. The van der Waals surface area contributed by atoms with Gasteiger partial charge in [-0.1, -0.05) is 49.4 Å². The summed E-state index contributed by atoms with van der Waals surface area (Å²) in [5.41, 5.74) is 9.10. The Hall–Kier alpha value is -0.870. The van der Waals surface area contributed by atoms with E-state index in [4.69, 9.17) is 5.73 Å². The molecule has 2 rings (SSSR count). The number of benzene rings is 1. The highest BCUT2D eigenvalue weighted by molar-refractivity contribution is 9.11. The lowest BCUT2D eigenvalue weighted by atomic mass is 10.0. The van der Waals surface area contributed by atoms with Gasteiger partial charge in [-0.25, -0.2) is 4.98 Å². The number of thiazole rings is 1. The van der Waals surface area contributed by atoms with Gasteiger partial charge >= 0.3 is 0 Å². The standard InChI is InChI=1S/C13H15BrN2S/c1-8(2)7-9-3-5-10(6-4-9)11-12(14)17-13(15)16-11/h3-6,8H,7H2,1-2H3,(H2,15,16). The summed E-state index contributed by atoms with van der Waals surface area (Å²) >= 11 is 4.95. The molecule has 0 unspecified atom stereocenters. The summed E-state index contributed by atoms with van der Waals surface area (Å²) in [4.78, 5) is 4.32. The van der Waals surface area contributed by atoms with Gasteiger partial charge in [0.05, 0.1) is 9.48 Å². The van der Waals surface area contributed by atoms with Gasteiger partial charge in [0.25, 0.3) is 0 Å². The Labute approximate surface area is 114 Å². The number of nitrogens with two attached hydrogens (primary N) is 1. The van der Waals surface area contributed by atoms with Gasteiger partial charge in [-0.05, 0) is 33.8 Å². The smallest absolute Gasteiger partial charge is 0.181 e. The van der Waals surface area contributed by atoms with Crippen molar-refractivity contribution in [3.63, 3.8) is 0 Å². The Kier molecular flexibility index (Phi) is 3.84. The van der Waals surface area contributed by atoms with Crippen LogP contribution in [0, 0.1) is 5.92 Å². The predicted octanol–water partition coefficient (Wildman–Crippen LogP) is 4.35. The van der Waals surface area contributed by atoms with Crippen LogP contribution in [0.5, 0.6) is 0 Å². The molecule has 1 heterocycles. The molecule has 0 atom stereocenters. The highest BCUT2D eigenvalue weighted by Gasteiger charge is 2.09.